The highest BCUT2D eigenvalue weighted by atomic mass is 32.2. The van der Waals surface area contributed by atoms with Gasteiger partial charge in [-0.05, 0) is 49.9 Å². The number of ether oxygens (including phenoxy) is 1. The van der Waals surface area contributed by atoms with Gasteiger partial charge in [-0.15, -0.1) is 0 Å². The molecule has 3 N–H and O–H groups in total. The molecule has 1 aliphatic heterocycles. The first-order valence-corrected chi connectivity index (χ1v) is 9.96. The second-order valence-corrected chi connectivity index (χ2v) is 8.45. The van der Waals surface area contributed by atoms with Crippen molar-refractivity contribution in [2.24, 2.45) is 11.7 Å². The van der Waals surface area contributed by atoms with Gasteiger partial charge in [-0.25, -0.2) is 18.0 Å². The molecular weight excluding hydrogens is 374 g/mol. The molecule has 148 valence electrons. The average molecular weight is 397 g/mol. The number of nitrogens with two attached hydrogens (primary N) is 1. The van der Waals surface area contributed by atoms with E-state index < -0.39 is 34.0 Å². The summed E-state index contributed by atoms with van der Waals surface area (Å²) in [4.78, 5) is 34.3. The van der Waals surface area contributed by atoms with E-state index in [4.69, 9.17) is 10.5 Å². The third-order valence-electron chi connectivity index (χ3n) is 4.37. The Morgan fingerprint density at radius 2 is 1.74 bits per heavy atom. The van der Waals surface area contributed by atoms with Gasteiger partial charge in [-0.3, -0.25) is 10.1 Å². The number of primary amides is 1. The van der Waals surface area contributed by atoms with Gasteiger partial charge in [0.05, 0.1) is 10.5 Å². The second-order valence-electron chi connectivity index (χ2n) is 6.51. The monoisotopic (exact) mass is 397 g/mol. The SMILES string of the molecule is CC1CCN(S(=O)(=O)c2ccc(C(=O)O[C@H](C)C(=O)NC(N)=O)cc2)CC1. The Balaban J connectivity index is 2.04. The largest absolute Gasteiger partial charge is 0.449 e. The lowest BCUT2D eigenvalue weighted by Crippen LogP contribution is -2.42. The Bertz CT molecular complexity index is 814. The number of nitrogens with zero attached hydrogens (tertiary/aromatic N) is 1. The second kappa shape index (κ2) is 8.49. The highest BCUT2D eigenvalue weighted by molar-refractivity contribution is 7.89. The minimum absolute atomic E-state index is 0.0833. The van der Waals surface area contributed by atoms with Gasteiger partial charge in [0.15, 0.2) is 6.10 Å². The van der Waals surface area contributed by atoms with Crippen LogP contribution in [0, 0.1) is 5.92 Å². The van der Waals surface area contributed by atoms with Crippen LogP contribution in [0.4, 0.5) is 4.79 Å². The standard InChI is InChI=1S/C17H23N3O6S/c1-11-7-9-20(10-8-11)27(24,25)14-5-3-13(4-6-14)16(22)26-12(2)15(21)19-17(18)23/h3-6,11-12H,7-10H2,1-2H3,(H3,18,19,21,23)/t12-/m1/s1. The number of carbonyl (C=O) groups excluding carboxylic acids is 3. The van der Waals surface area contributed by atoms with Crippen molar-refractivity contribution in [1.82, 2.24) is 9.62 Å². The van der Waals surface area contributed by atoms with Crippen molar-refractivity contribution in [3.63, 3.8) is 0 Å². The van der Waals surface area contributed by atoms with Crippen LogP contribution in [0.15, 0.2) is 29.2 Å². The maximum atomic E-state index is 12.7. The van der Waals surface area contributed by atoms with Crippen LogP contribution in [-0.4, -0.2) is 49.8 Å². The minimum atomic E-state index is -3.61. The number of piperidine rings is 1. The third kappa shape index (κ3) is 5.27. The van der Waals surface area contributed by atoms with Crippen molar-refractivity contribution in [2.45, 2.75) is 37.7 Å². The summed E-state index contributed by atoms with van der Waals surface area (Å²) in [6, 6.07) is 4.25. The summed E-state index contributed by atoms with van der Waals surface area (Å²) in [7, 11) is -3.61. The van der Waals surface area contributed by atoms with Crippen LogP contribution in [0.5, 0.6) is 0 Å². The van der Waals surface area contributed by atoms with Crippen molar-refractivity contribution in [3.8, 4) is 0 Å². The minimum Gasteiger partial charge on any atom is -0.449 e. The molecule has 0 spiro atoms. The van der Waals surface area contributed by atoms with Crippen molar-refractivity contribution in [2.75, 3.05) is 13.1 Å². The molecule has 0 saturated carbocycles. The fraction of sp³-hybridized carbons (Fsp3) is 0.471. The van der Waals surface area contributed by atoms with Crippen molar-refractivity contribution in [3.05, 3.63) is 29.8 Å². The molecule has 1 fully saturated rings. The lowest BCUT2D eigenvalue weighted by molar-refractivity contribution is -0.127. The van der Waals surface area contributed by atoms with Gasteiger partial charge in [0, 0.05) is 13.1 Å². The van der Waals surface area contributed by atoms with Crippen molar-refractivity contribution >= 4 is 27.9 Å². The van der Waals surface area contributed by atoms with Crippen molar-refractivity contribution < 1.29 is 27.5 Å². The van der Waals surface area contributed by atoms with E-state index in [-0.39, 0.29) is 10.5 Å². The summed E-state index contributed by atoms with van der Waals surface area (Å²) < 4.78 is 31.7. The molecular formula is C17H23N3O6S. The van der Waals surface area contributed by atoms with Crippen LogP contribution < -0.4 is 11.1 Å². The van der Waals surface area contributed by atoms with E-state index in [1.807, 2.05) is 0 Å². The van der Waals surface area contributed by atoms with E-state index in [0.717, 1.165) is 12.8 Å². The summed E-state index contributed by atoms with van der Waals surface area (Å²) in [5.74, 6) is -1.17. The number of hydrogen-bond donors (Lipinski definition) is 2. The molecule has 10 heteroatoms. The normalized spacial score (nSPS) is 17.1. The first-order valence-electron chi connectivity index (χ1n) is 8.52. The summed E-state index contributed by atoms with van der Waals surface area (Å²) in [6.07, 6.45) is 0.396. The molecule has 2 rings (SSSR count). The number of sulfonamides is 1. The first kappa shape index (κ1) is 20.8. The maximum absolute atomic E-state index is 12.7. The molecule has 1 atom stereocenters. The van der Waals surface area contributed by atoms with E-state index in [0.29, 0.717) is 19.0 Å². The molecule has 27 heavy (non-hydrogen) atoms. The Labute approximate surface area is 157 Å². The smallest absolute Gasteiger partial charge is 0.338 e. The van der Waals surface area contributed by atoms with E-state index in [2.05, 4.69) is 6.92 Å². The Morgan fingerprint density at radius 3 is 2.26 bits per heavy atom. The first-order chi connectivity index (χ1) is 12.6. The average Bonchev–Trinajstić information content (AvgIpc) is 2.61. The van der Waals surface area contributed by atoms with Gasteiger partial charge < -0.3 is 10.5 Å². The highest BCUT2D eigenvalue weighted by Gasteiger charge is 2.28. The number of urea groups is 1. The molecule has 1 heterocycles. The molecule has 0 radical (unpaired) electrons. The van der Waals surface area contributed by atoms with E-state index in [9.17, 15) is 22.8 Å². The lowest BCUT2D eigenvalue weighted by atomic mass is 10.0. The van der Waals surface area contributed by atoms with Gasteiger partial charge in [-0.1, -0.05) is 6.92 Å². The number of esters is 1. The summed E-state index contributed by atoms with van der Waals surface area (Å²) in [5, 5.41) is 1.81. The molecule has 0 aliphatic carbocycles. The predicted molar refractivity (Wildman–Crippen MR) is 96.2 cm³/mol. The van der Waals surface area contributed by atoms with Gasteiger partial charge in [-0.2, -0.15) is 4.31 Å². The van der Waals surface area contributed by atoms with Crippen LogP contribution in [0.2, 0.25) is 0 Å². The topological polar surface area (TPSA) is 136 Å². The van der Waals surface area contributed by atoms with Gasteiger partial charge in [0.2, 0.25) is 10.0 Å². The van der Waals surface area contributed by atoms with Crippen LogP contribution in [-0.2, 0) is 19.6 Å². The van der Waals surface area contributed by atoms with Crippen LogP contribution in [0.25, 0.3) is 0 Å². The Kier molecular flexibility index (Phi) is 6.55. The zero-order valence-electron chi connectivity index (χ0n) is 15.2. The molecule has 1 aliphatic rings. The number of nitrogens with one attached hydrogen (secondary N) is 1. The molecule has 3 amide bonds. The molecule has 0 unspecified atom stereocenters. The number of imide groups is 1. The van der Waals surface area contributed by atoms with Gasteiger partial charge in [0.25, 0.3) is 5.91 Å². The number of rotatable bonds is 5. The van der Waals surface area contributed by atoms with Gasteiger partial charge in [0.1, 0.15) is 0 Å². The van der Waals surface area contributed by atoms with E-state index in [1.54, 1.807) is 5.32 Å². The Hall–Kier alpha value is -2.46. The molecule has 0 aromatic heterocycles. The maximum Gasteiger partial charge on any atom is 0.338 e. The number of carbonyl (C=O) groups is 3. The predicted octanol–water partition coefficient (Wildman–Crippen LogP) is 0.847. The quantitative estimate of drug-likeness (QED) is 0.707. The van der Waals surface area contributed by atoms with E-state index in [1.165, 1.54) is 35.5 Å². The number of benzene rings is 1. The van der Waals surface area contributed by atoms with Crippen LogP contribution in [0.1, 0.15) is 37.0 Å². The number of amides is 3. The van der Waals surface area contributed by atoms with E-state index >= 15 is 0 Å². The fourth-order valence-corrected chi connectivity index (χ4v) is 4.11. The van der Waals surface area contributed by atoms with Crippen LogP contribution >= 0.6 is 0 Å². The molecule has 1 saturated heterocycles. The zero-order chi connectivity index (χ0) is 20.2. The van der Waals surface area contributed by atoms with Crippen molar-refractivity contribution in [1.29, 1.82) is 0 Å². The van der Waals surface area contributed by atoms with Gasteiger partial charge >= 0.3 is 12.0 Å². The lowest BCUT2D eigenvalue weighted by Gasteiger charge is -2.29. The molecule has 1 aromatic carbocycles. The summed E-state index contributed by atoms with van der Waals surface area (Å²) in [5.41, 5.74) is 4.91. The molecule has 9 nitrogen and oxygen atoms in total. The zero-order valence-corrected chi connectivity index (χ0v) is 16.0. The van der Waals surface area contributed by atoms with Crippen LogP contribution in [0.3, 0.4) is 0 Å². The summed E-state index contributed by atoms with van der Waals surface area (Å²) >= 11 is 0. The fourth-order valence-electron chi connectivity index (χ4n) is 2.64. The third-order valence-corrected chi connectivity index (χ3v) is 6.28. The molecule has 0 bridgehead atoms. The summed E-state index contributed by atoms with van der Waals surface area (Å²) in [6.45, 7) is 4.32. The Morgan fingerprint density at radius 1 is 1.19 bits per heavy atom. The number of hydrogen-bond acceptors (Lipinski definition) is 6. The highest BCUT2D eigenvalue weighted by Crippen LogP contribution is 2.23. The molecule has 1 aromatic rings.